The summed E-state index contributed by atoms with van der Waals surface area (Å²) in [6.07, 6.45) is 4.12. The van der Waals surface area contributed by atoms with Crippen molar-refractivity contribution in [2.75, 3.05) is 18.0 Å². The molecule has 1 aliphatic heterocycles. The Kier molecular flexibility index (Phi) is 2.85. The summed E-state index contributed by atoms with van der Waals surface area (Å²) in [6.45, 7) is 1.58. The summed E-state index contributed by atoms with van der Waals surface area (Å²) in [7, 11) is 0. The molecule has 2 N–H and O–H groups in total. The van der Waals surface area contributed by atoms with Gasteiger partial charge in [0.1, 0.15) is 5.52 Å². The monoisotopic (exact) mass is 297 g/mol. The summed E-state index contributed by atoms with van der Waals surface area (Å²) in [5.41, 5.74) is 7.34. The molecule has 3 heterocycles. The van der Waals surface area contributed by atoms with Crippen molar-refractivity contribution in [1.82, 2.24) is 14.8 Å². The highest BCUT2D eigenvalue weighted by molar-refractivity contribution is 5.92. The minimum Gasteiger partial charge on any atom is -0.423 e. The number of carbonyl (C=O) groups excluding carboxylic acids is 1. The molecule has 22 heavy (non-hydrogen) atoms. The van der Waals surface area contributed by atoms with Gasteiger partial charge in [-0.1, -0.05) is 12.1 Å². The van der Waals surface area contributed by atoms with Crippen molar-refractivity contribution < 1.29 is 9.21 Å². The molecule has 4 rings (SSSR count). The Labute approximate surface area is 126 Å². The van der Waals surface area contributed by atoms with Gasteiger partial charge in [-0.05, 0) is 18.6 Å². The quantitative estimate of drug-likeness (QED) is 0.792. The van der Waals surface area contributed by atoms with Crippen molar-refractivity contribution in [3.63, 3.8) is 0 Å². The SMILES string of the molecule is NC(=O)c1cnn(C2CCN(c3nc4ccccc4o3)C2)c1. The molecule has 2 aromatic heterocycles. The van der Waals surface area contributed by atoms with Crippen LogP contribution in [0.3, 0.4) is 0 Å². The largest absolute Gasteiger partial charge is 0.423 e. The van der Waals surface area contributed by atoms with Crippen LogP contribution in [0.4, 0.5) is 6.01 Å². The molecule has 0 radical (unpaired) electrons. The van der Waals surface area contributed by atoms with E-state index in [2.05, 4.69) is 15.0 Å². The van der Waals surface area contributed by atoms with Gasteiger partial charge >= 0.3 is 0 Å². The average Bonchev–Trinajstić information content (AvgIpc) is 3.24. The zero-order valence-electron chi connectivity index (χ0n) is 11.8. The Morgan fingerprint density at radius 1 is 1.36 bits per heavy atom. The van der Waals surface area contributed by atoms with E-state index in [1.165, 1.54) is 6.20 Å². The highest BCUT2D eigenvalue weighted by Crippen LogP contribution is 2.28. The number of amides is 1. The van der Waals surface area contributed by atoms with Crippen LogP contribution < -0.4 is 10.6 Å². The number of carbonyl (C=O) groups is 1. The van der Waals surface area contributed by atoms with Crippen molar-refractivity contribution in [3.8, 4) is 0 Å². The maximum Gasteiger partial charge on any atom is 0.298 e. The number of fused-ring (bicyclic) bond motifs is 1. The van der Waals surface area contributed by atoms with Crippen LogP contribution in [0.5, 0.6) is 0 Å². The molecule has 1 amide bonds. The van der Waals surface area contributed by atoms with Gasteiger partial charge in [-0.15, -0.1) is 0 Å². The molecule has 1 unspecified atom stereocenters. The standard InChI is InChI=1S/C15H15N5O2/c16-14(21)10-7-17-20(8-10)11-5-6-19(9-11)15-18-12-3-1-2-4-13(12)22-15/h1-4,7-8,11H,5-6,9H2,(H2,16,21). The van der Waals surface area contributed by atoms with Gasteiger partial charge in [-0.25, -0.2) is 0 Å². The zero-order valence-corrected chi connectivity index (χ0v) is 11.8. The Morgan fingerprint density at radius 3 is 3.00 bits per heavy atom. The van der Waals surface area contributed by atoms with E-state index in [0.29, 0.717) is 11.6 Å². The van der Waals surface area contributed by atoms with Gasteiger partial charge in [-0.2, -0.15) is 10.1 Å². The van der Waals surface area contributed by atoms with Crippen LogP contribution >= 0.6 is 0 Å². The lowest BCUT2D eigenvalue weighted by atomic mass is 10.3. The van der Waals surface area contributed by atoms with Crippen LogP contribution in [0, 0.1) is 0 Å². The van der Waals surface area contributed by atoms with Gasteiger partial charge in [0, 0.05) is 19.3 Å². The molecule has 0 saturated carbocycles. The summed E-state index contributed by atoms with van der Waals surface area (Å²) >= 11 is 0. The van der Waals surface area contributed by atoms with Gasteiger partial charge in [0.2, 0.25) is 0 Å². The highest BCUT2D eigenvalue weighted by atomic mass is 16.4. The second-order valence-electron chi connectivity index (χ2n) is 5.43. The predicted molar refractivity (Wildman–Crippen MR) is 80.6 cm³/mol. The summed E-state index contributed by atoms with van der Waals surface area (Å²) in [6, 6.07) is 8.53. The summed E-state index contributed by atoms with van der Waals surface area (Å²) in [5, 5.41) is 4.23. The lowest BCUT2D eigenvalue weighted by Gasteiger charge is -2.13. The van der Waals surface area contributed by atoms with E-state index >= 15 is 0 Å². The second kappa shape index (κ2) is 4.87. The number of nitrogens with two attached hydrogens (primary N) is 1. The number of para-hydroxylation sites is 2. The Bertz CT molecular complexity index is 804. The first-order chi connectivity index (χ1) is 10.7. The third kappa shape index (κ3) is 2.11. The lowest BCUT2D eigenvalue weighted by molar-refractivity contribution is 0.1000. The number of anilines is 1. The van der Waals surface area contributed by atoms with Gasteiger partial charge < -0.3 is 15.1 Å². The molecule has 7 heteroatoms. The summed E-state index contributed by atoms with van der Waals surface area (Å²) in [5.74, 6) is -0.458. The van der Waals surface area contributed by atoms with Crippen LogP contribution in [0.25, 0.3) is 11.1 Å². The third-order valence-corrected chi connectivity index (χ3v) is 3.98. The number of hydrogen-bond acceptors (Lipinski definition) is 5. The van der Waals surface area contributed by atoms with Crippen LogP contribution in [0.15, 0.2) is 41.1 Å². The van der Waals surface area contributed by atoms with Crippen LogP contribution in [-0.2, 0) is 0 Å². The Balaban J connectivity index is 1.55. The molecule has 7 nitrogen and oxygen atoms in total. The second-order valence-corrected chi connectivity index (χ2v) is 5.43. The molecule has 0 bridgehead atoms. The molecule has 112 valence electrons. The van der Waals surface area contributed by atoms with Crippen LogP contribution in [0.2, 0.25) is 0 Å². The van der Waals surface area contributed by atoms with E-state index in [0.717, 1.165) is 30.6 Å². The van der Waals surface area contributed by atoms with Gasteiger partial charge in [0.15, 0.2) is 5.58 Å². The molecule has 0 aliphatic carbocycles. The number of hydrogen-bond donors (Lipinski definition) is 1. The highest BCUT2D eigenvalue weighted by Gasteiger charge is 2.28. The fourth-order valence-electron chi connectivity index (χ4n) is 2.79. The molecular weight excluding hydrogens is 282 g/mol. The first-order valence-electron chi connectivity index (χ1n) is 7.15. The summed E-state index contributed by atoms with van der Waals surface area (Å²) < 4.78 is 7.59. The van der Waals surface area contributed by atoms with Crippen LogP contribution in [0.1, 0.15) is 22.8 Å². The van der Waals surface area contributed by atoms with Crippen molar-refractivity contribution in [1.29, 1.82) is 0 Å². The predicted octanol–water partition coefficient (Wildman–Crippen LogP) is 1.57. The van der Waals surface area contributed by atoms with Crippen molar-refractivity contribution >= 4 is 23.0 Å². The molecular formula is C15H15N5O2. The number of rotatable bonds is 3. The van der Waals surface area contributed by atoms with E-state index in [1.807, 2.05) is 24.3 Å². The average molecular weight is 297 g/mol. The fraction of sp³-hybridized carbons (Fsp3) is 0.267. The van der Waals surface area contributed by atoms with E-state index in [9.17, 15) is 4.79 Å². The van der Waals surface area contributed by atoms with Crippen LogP contribution in [-0.4, -0.2) is 33.8 Å². The van der Waals surface area contributed by atoms with Crippen molar-refractivity contribution in [2.45, 2.75) is 12.5 Å². The number of oxazole rings is 1. The number of aromatic nitrogens is 3. The first-order valence-corrected chi connectivity index (χ1v) is 7.15. The first kappa shape index (κ1) is 12.9. The number of benzene rings is 1. The smallest absolute Gasteiger partial charge is 0.298 e. The minimum atomic E-state index is -0.458. The normalized spacial score (nSPS) is 18.2. The van der Waals surface area contributed by atoms with Crippen molar-refractivity contribution in [3.05, 3.63) is 42.2 Å². The van der Waals surface area contributed by atoms with E-state index in [4.69, 9.17) is 10.2 Å². The lowest BCUT2D eigenvalue weighted by Crippen LogP contribution is -2.21. The zero-order chi connectivity index (χ0) is 15.1. The maximum absolute atomic E-state index is 11.1. The molecule has 1 atom stereocenters. The molecule has 1 fully saturated rings. The Morgan fingerprint density at radius 2 is 2.23 bits per heavy atom. The van der Waals surface area contributed by atoms with E-state index < -0.39 is 5.91 Å². The number of nitrogens with zero attached hydrogens (tertiary/aromatic N) is 4. The molecule has 1 saturated heterocycles. The van der Waals surface area contributed by atoms with Gasteiger partial charge in [-0.3, -0.25) is 9.48 Å². The Hall–Kier alpha value is -2.83. The summed E-state index contributed by atoms with van der Waals surface area (Å²) in [4.78, 5) is 17.8. The molecule has 3 aromatic rings. The van der Waals surface area contributed by atoms with E-state index in [1.54, 1.807) is 10.9 Å². The van der Waals surface area contributed by atoms with Crippen molar-refractivity contribution in [2.24, 2.45) is 5.73 Å². The third-order valence-electron chi connectivity index (χ3n) is 3.98. The molecule has 0 spiro atoms. The van der Waals surface area contributed by atoms with Gasteiger partial charge in [0.25, 0.3) is 11.9 Å². The maximum atomic E-state index is 11.1. The van der Waals surface area contributed by atoms with Gasteiger partial charge in [0.05, 0.1) is 17.8 Å². The number of primary amides is 1. The van der Waals surface area contributed by atoms with E-state index in [-0.39, 0.29) is 6.04 Å². The fourth-order valence-corrected chi connectivity index (χ4v) is 2.79. The topological polar surface area (TPSA) is 90.2 Å². The molecule has 1 aromatic carbocycles. The molecule has 1 aliphatic rings. The minimum absolute atomic E-state index is 0.183.